The summed E-state index contributed by atoms with van der Waals surface area (Å²) in [6.45, 7) is 0.764. The fraction of sp³-hybridized carbons (Fsp3) is 0.208. The smallest absolute Gasteiger partial charge is 0.264 e. The molecule has 0 aromatic heterocycles. The van der Waals surface area contributed by atoms with E-state index >= 15 is 0 Å². The quantitative estimate of drug-likeness (QED) is 0.429. The monoisotopic (exact) mass is 593 g/mol. The Balaban J connectivity index is 1.53. The fourth-order valence-electron chi connectivity index (χ4n) is 3.62. The number of nitrogens with zero attached hydrogens (tertiary/aromatic N) is 2. The van der Waals surface area contributed by atoms with E-state index < -0.39 is 32.5 Å². The van der Waals surface area contributed by atoms with Crippen LogP contribution in [0.3, 0.4) is 0 Å². The standard InChI is InChI=1S/C24H24BrN3O6S2/c25-19-6-10-21(11-7-19)28(36(32,33)22-4-2-1-3-5-22)18-24(29)26-20-8-12-23(13-9-20)35(30,31)27-14-16-34-17-15-27/h1-13H,14-18H2,(H,26,29). The highest BCUT2D eigenvalue weighted by Gasteiger charge is 2.28. The van der Waals surface area contributed by atoms with Crippen molar-refractivity contribution in [3.05, 3.63) is 83.3 Å². The van der Waals surface area contributed by atoms with Crippen molar-refractivity contribution in [3.63, 3.8) is 0 Å². The van der Waals surface area contributed by atoms with E-state index in [9.17, 15) is 21.6 Å². The van der Waals surface area contributed by atoms with Gasteiger partial charge in [0.25, 0.3) is 10.0 Å². The maximum absolute atomic E-state index is 13.4. The molecular formula is C24H24BrN3O6S2. The average molecular weight is 595 g/mol. The van der Waals surface area contributed by atoms with Gasteiger partial charge < -0.3 is 10.1 Å². The zero-order valence-electron chi connectivity index (χ0n) is 19.1. The van der Waals surface area contributed by atoms with E-state index in [0.29, 0.717) is 24.6 Å². The molecular weight excluding hydrogens is 570 g/mol. The fourth-order valence-corrected chi connectivity index (χ4v) is 6.73. The van der Waals surface area contributed by atoms with Crippen LogP contribution >= 0.6 is 15.9 Å². The minimum absolute atomic E-state index is 0.0541. The van der Waals surface area contributed by atoms with E-state index in [1.165, 1.54) is 40.7 Å². The molecule has 0 atom stereocenters. The number of rotatable bonds is 8. The van der Waals surface area contributed by atoms with Crippen LogP contribution in [-0.2, 0) is 29.6 Å². The molecule has 1 heterocycles. The number of anilines is 2. The summed E-state index contributed by atoms with van der Waals surface area (Å²) >= 11 is 3.33. The lowest BCUT2D eigenvalue weighted by atomic mass is 10.3. The number of ether oxygens (including phenoxy) is 1. The molecule has 1 N–H and O–H groups in total. The van der Waals surface area contributed by atoms with Gasteiger partial charge in [-0.15, -0.1) is 0 Å². The van der Waals surface area contributed by atoms with Gasteiger partial charge in [0, 0.05) is 23.2 Å². The van der Waals surface area contributed by atoms with E-state index in [1.54, 1.807) is 42.5 Å². The van der Waals surface area contributed by atoms with Gasteiger partial charge in [0.15, 0.2) is 0 Å². The second-order valence-corrected chi connectivity index (χ2v) is 12.6. The second-order valence-electron chi connectivity index (χ2n) is 7.89. The summed E-state index contributed by atoms with van der Waals surface area (Å²) < 4.78 is 60.7. The number of carbonyl (C=O) groups excluding carboxylic acids is 1. The van der Waals surface area contributed by atoms with Crippen molar-refractivity contribution < 1.29 is 26.4 Å². The van der Waals surface area contributed by atoms with Gasteiger partial charge in [0.1, 0.15) is 6.54 Å². The predicted octanol–water partition coefficient (Wildman–Crippen LogP) is 3.30. The van der Waals surface area contributed by atoms with E-state index in [-0.39, 0.29) is 22.9 Å². The Hall–Kier alpha value is -2.77. The number of sulfonamides is 2. The third-order valence-electron chi connectivity index (χ3n) is 5.48. The van der Waals surface area contributed by atoms with Crippen molar-refractivity contribution in [2.75, 3.05) is 42.5 Å². The molecule has 4 rings (SSSR count). The molecule has 0 aliphatic carbocycles. The SMILES string of the molecule is O=C(CN(c1ccc(Br)cc1)S(=O)(=O)c1ccccc1)Nc1ccc(S(=O)(=O)N2CCOCC2)cc1. The molecule has 12 heteroatoms. The summed E-state index contributed by atoms with van der Waals surface area (Å²) in [6.07, 6.45) is 0. The van der Waals surface area contributed by atoms with Crippen molar-refractivity contribution in [1.82, 2.24) is 4.31 Å². The van der Waals surface area contributed by atoms with Crippen LogP contribution in [0.2, 0.25) is 0 Å². The van der Waals surface area contributed by atoms with Crippen LogP contribution in [0, 0.1) is 0 Å². The minimum Gasteiger partial charge on any atom is -0.379 e. The molecule has 3 aromatic carbocycles. The number of halogens is 1. The number of carbonyl (C=O) groups is 1. The van der Waals surface area contributed by atoms with Crippen LogP contribution in [0.15, 0.2) is 93.1 Å². The summed E-state index contributed by atoms with van der Waals surface area (Å²) in [5.41, 5.74) is 0.665. The molecule has 0 spiro atoms. The van der Waals surface area contributed by atoms with Crippen LogP contribution in [0.4, 0.5) is 11.4 Å². The molecule has 0 radical (unpaired) electrons. The number of hydrogen-bond donors (Lipinski definition) is 1. The third kappa shape index (κ3) is 5.95. The van der Waals surface area contributed by atoms with Gasteiger partial charge in [0.2, 0.25) is 15.9 Å². The zero-order valence-corrected chi connectivity index (χ0v) is 22.3. The van der Waals surface area contributed by atoms with Gasteiger partial charge in [-0.25, -0.2) is 16.8 Å². The van der Waals surface area contributed by atoms with Crippen LogP contribution in [0.25, 0.3) is 0 Å². The van der Waals surface area contributed by atoms with Crippen molar-refractivity contribution in [3.8, 4) is 0 Å². The highest BCUT2D eigenvalue weighted by molar-refractivity contribution is 9.10. The number of morpholine rings is 1. The number of benzene rings is 3. The van der Waals surface area contributed by atoms with Crippen LogP contribution < -0.4 is 9.62 Å². The van der Waals surface area contributed by atoms with Crippen LogP contribution in [0.5, 0.6) is 0 Å². The predicted molar refractivity (Wildman–Crippen MR) is 140 cm³/mol. The normalized spacial score (nSPS) is 14.8. The Kier molecular flexibility index (Phi) is 8.10. The van der Waals surface area contributed by atoms with Gasteiger partial charge in [-0.2, -0.15) is 4.31 Å². The summed E-state index contributed by atoms with van der Waals surface area (Å²) in [4.78, 5) is 13.1. The number of hydrogen-bond acceptors (Lipinski definition) is 6. The third-order valence-corrected chi connectivity index (χ3v) is 9.71. The van der Waals surface area contributed by atoms with E-state index in [0.717, 1.165) is 8.78 Å². The van der Waals surface area contributed by atoms with Crippen molar-refractivity contribution in [2.24, 2.45) is 0 Å². The number of amides is 1. The molecule has 0 bridgehead atoms. The summed E-state index contributed by atoms with van der Waals surface area (Å²) in [5, 5.41) is 2.65. The molecule has 1 saturated heterocycles. The zero-order chi connectivity index (χ0) is 25.8. The van der Waals surface area contributed by atoms with Crippen LogP contribution in [-0.4, -0.2) is 59.9 Å². The first-order chi connectivity index (χ1) is 17.2. The van der Waals surface area contributed by atoms with Crippen molar-refractivity contribution in [2.45, 2.75) is 9.79 Å². The molecule has 1 aliphatic rings. The Morgan fingerprint density at radius 3 is 2.08 bits per heavy atom. The van der Waals surface area contributed by atoms with Crippen molar-refractivity contribution in [1.29, 1.82) is 0 Å². The van der Waals surface area contributed by atoms with Crippen LogP contribution in [0.1, 0.15) is 0 Å². The van der Waals surface area contributed by atoms with Gasteiger partial charge in [-0.05, 0) is 60.7 Å². The largest absolute Gasteiger partial charge is 0.379 e. The molecule has 3 aromatic rings. The lowest BCUT2D eigenvalue weighted by Crippen LogP contribution is -2.40. The summed E-state index contributed by atoms with van der Waals surface area (Å²) in [7, 11) is -7.70. The van der Waals surface area contributed by atoms with Gasteiger partial charge >= 0.3 is 0 Å². The molecule has 0 unspecified atom stereocenters. The maximum Gasteiger partial charge on any atom is 0.264 e. The molecule has 9 nitrogen and oxygen atoms in total. The second kappa shape index (κ2) is 11.1. The highest BCUT2D eigenvalue weighted by Crippen LogP contribution is 2.26. The van der Waals surface area contributed by atoms with E-state index in [4.69, 9.17) is 4.74 Å². The van der Waals surface area contributed by atoms with Gasteiger partial charge in [-0.1, -0.05) is 34.1 Å². The first-order valence-electron chi connectivity index (χ1n) is 11.0. The number of nitrogens with one attached hydrogen (secondary N) is 1. The molecule has 190 valence electrons. The first kappa shape index (κ1) is 26.3. The maximum atomic E-state index is 13.4. The topological polar surface area (TPSA) is 113 Å². The lowest BCUT2D eigenvalue weighted by molar-refractivity contribution is -0.114. The van der Waals surface area contributed by atoms with E-state index in [2.05, 4.69) is 21.2 Å². The van der Waals surface area contributed by atoms with E-state index in [1.807, 2.05) is 0 Å². The first-order valence-corrected chi connectivity index (χ1v) is 14.7. The Bertz CT molecular complexity index is 1410. The minimum atomic E-state index is -4.03. The highest BCUT2D eigenvalue weighted by atomic mass is 79.9. The summed E-state index contributed by atoms with van der Waals surface area (Å²) in [6, 6.07) is 20.2. The molecule has 1 aliphatic heterocycles. The van der Waals surface area contributed by atoms with Crippen molar-refractivity contribution >= 4 is 53.3 Å². The lowest BCUT2D eigenvalue weighted by Gasteiger charge is -2.26. The molecule has 1 amide bonds. The molecule has 1 fully saturated rings. The Morgan fingerprint density at radius 1 is 0.861 bits per heavy atom. The van der Waals surface area contributed by atoms with Gasteiger partial charge in [-0.3, -0.25) is 9.10 Å². The summed E-state index contributed by atoms with van der Waals surface area (Å²) in [5.74, 6) is -0.582. The average Bonchev–Trinajstić information content (AvgIpc) is 2.89. The Labute approximate surface area is 218 Å². The molecule has 36 heavy (non-hydrogen) atoms. The Morgan fingerprint density at radius 2 is 1.47 bits per heavy atom. The molecule has 0 saturated carbocycles. The van der Waals surface area contributed by atoms with Gasteiger partial charge in [0.05, 0.1) is 28.7 Å².